The lowest BCUT2D eigenvalue weighted by Gasteiger charge is -2.12. The number of hydrogen-bond donors (Lipinski definition) is 1. The molecular formula is C16H18N2O3. The van der Waals surface area contributed by atoms with Gasteiger partial charge in [0.2, 0.25) is 5.88 Å². The Kier molecular flexibility index (Phi) is 4.77. The van der Waals surface area contributed by atoms with E-state index in [1.54, 1.807) is 19.4 Å². The van der Waals surface area contributed by atoms with Crippen molar-refractivity contribution in [3.05, 3.63) is 53.2 Å². The molecule has 0 atom stereocenters. The van der Waals surface area contributed by atoms with Crippen LogP contribution in [-0.2, 0) is 11.3 Å². The zero-order valence-corrected chi connectivity index (χ0v) is 12.3. The van der Waals surface area contributed by atoms with Gasteiger partial charge in [-0.1, -0.05) is 12.1 Å². The van der Waals surface area contributed by atoms with Crippen molar-refractivity contribution >= 4 is 11.7 Å². The van der Waals surface area contributed by atoms with Gasteiger partial charge in [-0.15, -0.1) is 0 Å². The van der Waals surface area contributed by atoms with E-state index in [1.165, 1.54) is 7.11 Å². The van der Waals surface area contributed by atoms with Crippen LogP contribution in [0.4, 0.5) is 5.69 Å². The number of nitrogens with one attached hydrogen (secondary N) is 1. The van der Waals surface area contributed by atoms with Crippen molar-refractivity contribution in [3.8, 4) is 5.88 Å². The van der Waals surface area contributed by atoms with Gasteiger partial charge >= 0.3 is 5.97 Å². The van der Waals surface area contributed by atoms with E-state index >= 15 is 0 Å². The highest BCUT2D eigenvalue weighted by Crippen LogP contribution is 2.20. The molecule has 1 N–H and O–H groups in total. The average molecular weight is 286 g/mol. The molecule has 0 aliphatic carbocycles. The molecule has 0 bridgehead atoms. The minimum atomic E-state index is -0.331. The Morgan fingerprint density at radius 2 is 2.05 bits per heavy atom. The average Bonchev–Trinajstić information content (AvgIpc) is 2.53. The third kappa shape index (κ3) is 3.51. The lowest BCUT2D eigenvalue weighted by atomic mass is 10.1. The maximum Gasteiger partial charge on any atom is 0.338 e. The van der Waals surface area contributed by atoms with Gasteiger partial charge in [0.25, 0.3) is 0 Å². The number of nitrogens with zero attached hydrogens (tertiary/aromatic N) is 1. The van der Waals surface area contributed by atoms with E-state index in [9.17, 15) is 4.79 Å². The Morgan fingerprint density at radius 3 is 2.67 bits per heavy atom. The molecule has 1 aromatic carbocycles. The first-order valence-corrected chi connectivity index (χ1v) is 6.56. The standard InChI is InChI=1S/C16H18N2O3/c1-11-13(16(19)21-3)5-4-6-14(11)17-9-12-7-8-15(20-2)18-10-12/h4-8,10,17H,9H2,1-3H3. The van der Waals surface area contributed by atoms with Gasteiger partial charge in [0.1, 0.15) is 0 Å². The summed E-state index contributed by atoms with van der Waals surface area (Å²) >= 11 is 0. The van der Waals surface area contributed by atoms with Crippen LogP contribution in [0.15, 0.2) is 36.5 Å². The Bertz CT molecular complexity index is 624. The lowest BCUT2D eigenvalue weighted by molar-refractivity contribution is 0.0600. The van der Waals surface area contributed by atoms with Gasteiger partial charge in [-0.2, -0.15) is 0 Å². The summed E-state index contributed by atoms with van der Waals surface area (Å²) < 4.78 is 9.79. The number of esters is 1. The number of anilines is 1. The number of carbonyl (C=O) groups is 1. The quantitative estimate of drug-likeness (QED) is 0.856. The summed E-state index contributed by atoms with van der Waals surface area (Å²) in [5.41, 5.74) is 3.36. The van der Waals surface area contributed by atoms with Gasteiger partial charge in [0, 0.05) is 24.5 Å². The highest BCUT2D eigenvalue weighted by atomic mass is 16.5. The number of ether oxygens (including phenoxy) is 2. The van der Waals surface area contributed by atoms with E-state index in [1.807, 2.05) is 31.2 Å². The number of pyridine rings is 1. The van der Waals surface area contributed by atoms with Gasteiger partial charge in [-0.05, 0) is 30.2 Å². The smallest absolute Gasteiger partial charge is 0.338 e. The minimum absolute atomic E-state index is 0.331. The van der Waals surface area contributed by atoms with Crippen molar-refractivity contribution in [2.45, 2.75) is 13.5 Å². The van der Waals surface area contributed by atoms with Crippen LogP contribution in [0.25, 0.3) is 0 Å². The maximum absolute atomic E-state index is 11.7. The van der Waals surface area contributed by atoms with Gasteiger partial charge in [-0.25, -0.2) is 9.78 Å². The van der Waals surface area contributed by atoms with Gasteiger partial charge in [0.05, 0.1) is 19.8 Å². The lowest BCUT2D eigenvalue weighted by Crippen LogP contribution is -2.07. The van der Waals surface area contributed by atoms with E-state index < -0.39 is 0 Å². The Morgan fingerprint density at radius 1 is 1.24 bits per heavy atom. The van der Waals surface area contributed by atoms with E-state index in [4.69, 9.17) is 9.47 Å². The normalized spacial score (nSPS) is 10.0. The van der Waals surface area contributed by atoms with E-state index in [2.05, 4.69) is 10.3 Å². The van der Waals surface area contributed by atoms with Crippen LogP contribution >= 0.6 is 0 Å². The fourth-order valence-electron chi connectivity index (χ4n) is 1.99. The summed E-state index contributed by atoms with van der Waals surface area (Å²) in [6.45, 7) is 2.50. The zero-order valence-electron chi connectivity index (χ0n) is 12.3. The second-order valence-corrected chi connectivity index (χ2v) is 4.53. The molecule has 5 nitrogen and oxygen atoms in total. The third-order valence-corrected chi connectivity index (χ3v) is 3.23. The molecule has 21 heavy (non-hydrogen) atoms. The second-order valence-electron chi connectivity index (χ2n) is 4.53. The maximum atomic E-state index is 11.7. The van der Waals surface area contributed by atoms with Crippen LogP contribution in [0.5, 0.6) is 5.88 Å². The molecule has 0 fully saturated rings. The van der Waals surface area contributed by atoms with Crippen LogP contribution in [0.1, 0.15) is 21.5 Å². The predicted octanol–water partition coefficient (Wildman–Crippen LogP) is 2.80. The van der Waals surface area contributed by atoms with Crippen molar-refractivity contribution in [2.75, 3.05) is 19.5 Å². The molecule has 0 unspecified atom stereocenters. The number of hydrogen-bond acceptors (Lipinski definition) is 5. The molecule has 0 amide bonds. The van der Waals surface area contributed by atoms with Crippen molar-refractivity contribution in [1.29, 1.82) is 0 Å². The molecule has 110 valence electrons. The summed E-state index contributed by atoms with van der Waals surface area (Å²) in [5.74, 6) is 0.255. The van der Waals surface area contributed by atoms with Crippen molar-refractivity contribution in [2.24, 2.45) is 0 Å². The first kappa shape index (κ1) is 14.8. The van der Waals surface area contributed by atoms with Crippen LogP contribution in [0.3, 0.4) is 0 Å². The van der Waals surface area contributed by atoms with Crippen molar-refractivity contribution in [3.63, 3.8) is 0 Å². The first-order valence-electron chi connectivity index (χ1n) is 6.56. The molecule has 1 heterocycles. The summed E-state index contributed by atoms with van der Waals surface area (Å²) in [5, 5.41) is 3.30. The first-order chi connectivity index (χ1) is 10.2. The van der Waals surface area contributed by atoms with Crippen LogP contribution < -0.4 is 10.1 Å². The molecule has 1 aromatic heterocycles. The monoisotopic (exact) mass is 286 g/mol. The number of rotatable bonds is 5. The fraction of sp³-hybridized carbons (Fsp3) is 0.250. The highest BCUT2D eigenvalue weighted by molar-refractivity contribution is 5.92. The largest absolute Gasteiger partial charge is 0.481 e. The third-order valence-electron chi connectivity index (χ3n) is 3.23. The van der Waals surface area contributed by atoms with Gasteiger partial charge < -0.3 is 14.8 Å². The number of methoxy groups -OCH3 is 2. The van der Waals surface area contributed by atoms with Gasteiger partial charge in [-0.3, -0.25) is 0 Å². The summed E-state index contributed by atoms with van der Waals surface area (Å²) in [4.78, 5) is 15.8. The highest BCUT2D eigenvalue weighted by Gasteiger charge is 2.11. The molecule has 0 aliphatic rings. The second kappa shape index (κ2) is 6.74. The molecule has 0 spiro atoms. The molecule has 0 saturated carbocycles. The van der Waals surface area contributed by atoms with Crippen LogP contribution in [-0.4, -0.2) is 25.2 Å². The zero-order chi connectivity index (χ0) is 15.2. The number of benzene rings is 1. The summed E-state index contributed by atoms with van der Waals surface area (Å²) in [6, 6.07) is 9.26. The molecular weight excluding hydrogens is 268 g/mol. The Hall–Kier alpha value is -2.56. The molecule has 2 aromatic rings. The molecule has 0 radical (unpaired) electrons. The van der Waals surface area contributed by atoms with Gasteiger partial charge in [0.15, 0.2) is 0 Å². The topological polar surface area (TPSA) is 60.5 Å². The molecule has 0 aliphatic heterocycles. The minimum Gasteiger partial charge on any atom is -0.481 e. The number of carbonyl (C=O) groups excluding carboxylic acids is 1. The number of aromatic nitrogens is 1. The summed E-state index contributed by atoms with van der Waals surface area (Å²) in [6.07, 6.45) is 1.76. The summed E-state index contributed by atoms with van der Waals surface area (Å²) in [7, 11) is 2.97. The van der Waals surface area contributed by atoms with Crippen molar-refractivity contribution in [1.82, 2.24) is 4.98 Å². The van der Waals surface area contributed by atoms with Crippen molar-refractivity contribution < 1.29 is 14.3 Å². The fourth-order valence-corrected chi connectivity index (χ4v) is 1.99. The molecule has 2 rings (SSSR count). The SMILES string of the molecule is COC(=O)c1cccc(NCc2ccc(OC)nc2)c1C. The van der Waals surface area contributed by atoms with E-state index in [0.29, 0.717) is 18.0 Å². The van der Waals surface area contributed by atoms with E-state index in [-0.39, 0.29) is 5.97 Å². The van der Waals surface area contributed by atoms with Crippen LogP contribution in [0, 0.1) is 6.92 Å². The van der Waals surface area contributed by atoms with Crippen LogP contribution in [0.2, 0.25) is 0 Å². The Balaban J connectivity index is 2.10. The molecule has 0 saturated heterocycles. The predicted molar refractivity (Wildman–Crippen MR) is 80.6 cm³/mol. The van der Waals surface area contributed by atoms with E-state index in [0.717, 1.165) is 16.8 Å². The molecule has 5 heteroatoms. The Labute approximate surface area is 123 Å².